The summed E-state index contributed by atoms with van der Waals surface area (Å²) in [5, 5.41) is 2.93. The van der Waals surface area contributed by atoms with E-state index in [0.29, 0.717) is 26.0 Å². The molecule has 1 heterocycles. The fourth-order valence-corrected chi connectivity index (χ4v) is 2.85. The molecule has 5 heteroatoms. The molecule has 1 unspecified atom stereocenters. The van der Waals surface area contributed by atoms with E-state index >= 15 is 0 Å². The number of ether oxygens (including phenoxy) is 1. The molecule has 0 radical (unpaired) electrons. The van der Waals surface area contributed by atoms with E-state index in [1.807, 2.05) is 45.0 Å². The number of amides is 2. The summed E-state index contributed by atoms with van der Waals surface area (Å²) < 4.78 is 5.56. The van der Waals surface area contributed by atoms with Crippen molar-refractivity contribution in [2.45, 2.75) is 52.2 Å². The summed E-state index contributed by atoms with van der Waals surface area (Å²) in [4.78, 5) is 26.0. The molecule has 1 atom stereocenters. The van der Waals surface area contributed by atoms with Crippen LogP contribution in [-0.4, -0.2) is 35.4 Å². The third-order valence-corrected chi connectivity index (χ3v) is 3.84. The van der Waals surface area contributed by atoms with Crippen LogP contribution in [0, 0.1) is 0 Å². The smallest absolute Gasteiger partial charge is 0.243 e. The zero-order valence-electron chi connectivity index (χ0n) is 13.5. The van der Waals surface area contributed by atoms with Crippen LogP contribution in [0.15, 0.2) is 24.3 Å². The second kappa shape index (κ2) is 7.29. The van der Waals surface area contributed by atoms with Crippen LogP contribution >= 0.6 is 0 Å². The highest BCUT2D eigenvalue weighted by Crippen LogP contribution is 2.22. The minimum Gasteiger partial charge on any atom is -0.494 e. The Morgan fingerprint density at radius 2 is 2.14 bits per heavy atom. The Morgan fingerprint density at radius 1 is 1.41 bits per heavy atom. The fraction of sp³-hybridized carbons (Fsp3) is 0.529. The summed E-state index contributed by atoms with van der Waals surface area (Å²) in [7, 11) is 0. The Balaban J connectivity index is 2.00. The van der Waals surface area contributed by atoms with Gasteiger partial charge in [0.15, 0.2) is 0 Å². The molecular weight excluding hydrogens is 280 g/mol. The number of hydrogen-bond donors (Lipinski definition) is 1. The first-order chi connectivity index (χ1) is 10.5. The van der Waals surface area contributed by atoms with Crippen molar-refractivity contribution in [3.05, 3.63) is 29.8 Å². The van der Waals surface area contributed by atoms with Crippen LogP contribution in [0.1, 0.15) is 39.2 Å². The minimum atomic E-state index is -0.355. The van der Waals surface area contributed by atoms with Gasteiger partial charge in [0.05, 0.1) is 6.61 Å². The lowest BCUT2D eigenvalue weighted by molar-refractivity contribution is -0.137. The van der Waals surface area contributed by atoms with E-state index in [-0.39, 0.29) is 23.9 Å². The molecule has 2 rings (SSSR count). The first-order valence-corrected chi connectivity index (χ1v) is 7.84. The van der Waals surface area contributed by atoms with Crippen molar-refractivity contribution in [3.63, 3.8) is 0 Å². The molecule has 1 aromatic rings. The number of carbonyl (C=O) groups excluding carboxylic acids is 2. The van der Waals surface area contributed by atoms with Crippen LogP contribution in [0.25, 0.3) is 0 Å². The maximum absolute atomic E-state index is 12.4. The second-order valence-electron chi connectivity index (χ2n) is 5.71. The summed E-state index contributed by atoms with van der Waals surface area (Å²) in [6.45, 7) is 6.80. The highest BCUT2D eigenvalue weighted by Gasteiger charge is 2.37. The largest absolute Gasteiger partial charge is 0.494 e. The third-order valence-electron chi connectivity index (χ3n) is 3.84. The fourth-order valence-electron chi connectivity index (χ4n) is 2.85. The Bertz CT molecular complexity index is 542. The van der Waals surface area contributed by atoms with Gasteiger partial charge in [0.2, 0.25) is 11.8 Å². The van der Waals surface area contributed by atoms with Crippen molar-refractivity contribution in [1.82, 2.24) is 10.2 Å². The molecule has 0 bridgehead atoms. The van der Waals surface area contributed by atoms with E-state index in [2.05, 4.69) is 5.32 Å². The van der Waals surface area contributed by atoms with Gasteiger partial charge >= 0.3 is 0 Å². The molecule has 0 spiro atoms. The highest BCUT2D eigenvalue weighted by atomic mass is 16.5. The van der Waals surface area contributed by atoms with Crippen molar-refractivity contribution in [1.29, 1.82) is 0 Å². The highest BCUT2D eigenvalue weighted by molar-refractivity contribution is 5.91. The van der Waals surface area contributed by atoms with Crippen LogP contribution in [-0.2, 0) is 16.1 Å². The van der Waals surface area contributed by atoms with Gasteiger partial charge in [-0.25, -0.2) is 0 Å². The van der Waals surface area contributed by atoms with Gasteiger partial charge in [-0.3, -0.25) is 9.59 Å². The molecule has 5 nitrogen and oxygen atoms in total. The van der Waals surface area contributed by atoms with E-state index < -0.39 is 0 Å². The van der Waals surface area contributed by atoms with Gasteiger partial charge in [-0.2, -0.15) is 0 Å². The summed E-state index contributed by atoms with van der Waals surface area (Å²) in [6.07, 6.45) is 1.04. The van der Waals surface area contributed by atoms with E-state index in [4.69, 9.17) is 4.74 Å². The van der Waals surface area contributed by atoms with Crippen LogP contribution < -0.4 is 10.1 Å². The Labute approximate surface area is 131 Å². The zero-order chi connectivity index (χ0) is 16.1. The number of likely N-dealkylation sites (tertiary alicyclic amines) is 1. The number of carbonyl (C=O) groups is 2. The van der Waals surface area contributed by atoms with Crippen molar-refractivity contribution in [2.75, 3.05) is 6.61 Å². The number of para-hydroxylation sites is 1. The van der Waals surface area contributed by atoms with Crippen molar-refractivity contribution < 1.29 is 14.3 Å². The molecular formula is C17H24N2O3. The van der Waals surface area contributed by atoms with Gasteiger partial charge in [0.1, 0.15) is 11.8 Å². The topological polar surface area (TPSA) is 58.6 Å². The second-order valence-corrected chi connectivity index (χ2v) is 5.71. The Morgan fingerprint density at radius 3 is 2.82 bits per heavy atom. The molecule has 0 aliphatic carbocycles. The normalized spacial score (nSPS) is 17.9. The molecule has 0 saturated carbocycles. The number of hydrogen-bond acceptors (Lipinski definition) is 3. The standard InChI is InChI=1S/C17H24N2O3/c1-4-22-15-8-6-5-7-13(15)11-18-17(21)14-9-10-16(20)19(14)12(2)3/h5-8,12,14H,4,9-11H2,1-3H3,(H,18,21). The maximum atomic E-state index is 12.4. The van der Waals surface area contributed by atoms with E-state index in [9.17, 15) is 9.59 Å². The van der Waals surface area contributed by atoms with Crippen molar-refractivity contribution >= 4 is 11.8 Å². The molecule has 2 amide bonds. The monoisotopic (exact) mass is 304 g/mol. The van der Waals surface area contributed by atoms with Crippen LogP contribution in [0.5, 0.6) is 5.75 Å². The average molecular weight is 304 g/mol. The Hall–Kier alpha value is -2.04. The van der Waals surface area contributed by atoms with Gasteiger partial charge in [-0.15, -0.1) is 0 Å². The molecule has 1 aromatic carbocycles. The molecule has 1 fully saturated rings. The van der Waals surface area contributed by atoms with Gasteiger partial charge in [0.25, 0.3) is 0 Å². The lowest BCUT2D eigenvalue weighted by Crippen LogP contribution is -2.47. The summed E-state index contributed by atoms with van der Waals surface area (Å²) >= 11 is 0. The lowest BCUT2D eigenvalue weighted by atomic mass is 10.1. The third kappa shape index (κ3) is 3.59. The van der Waals surface area contributed by atoms with Gasteiger partial charge in [-0.1, -0.05) is 18.2 Å². The summed E-state index contributed by atoms with van der Waals surface area (Å²) in [5.74, 6) is 0.754. The number of benzene rings is 1. The minimum absolute atomic E-state index is 0.0430. The van der Waals surface area contributed by atoms with Gasteiger partial charge in [-0.05, 0) is 33.3 Å². The molecule has 0 aromatic heterocycles. The van der Waals surface area contributed by atoms with Crippen LogP contribution in [0.3, 0.4) is 0 Å². The number of nitrogens with zero attached hydrogens (tertiary/aromatic N) is 1. The molecule has 1 N–H and O–H groups in total. The maximum Gasteiger partial charge on any atom is 0.243 e. The predicted octanol–water partition coefficient (Wildman–Crippen LogP) is 2.10. The van der Waals surface area contributed by atoms with Crippen LogP contribution in [0.2, 0.25) is 0 Å². The molecule has 1 aliphatic rings. The first-order valence-electron chi connectivity index (χ1n) is 7.84. The van der Waals surface area contributed by atoms with Gasteiger partial charge < -0.3 is 15.0 Å². The Kier molecular flexibility index (Phi) is 5.41. The van der Waals surface area contributed by atoms with Crippen molar-refractivity contribution in [3.8, 4) is 5.75 Å². The lowest BCUT2D eigenvalue weighted by Gasteiger charge is -2.27. The summed E-state index contributed by atoms with van der Waals surface area (Å²) in [5.41, 5.74) is 0.943. The summed E-state index contributed by atoms with van der Waals surface area (Å²) in [6, 6.07) is 7.35. The molecule has 22 heavy (non-hydrogen) atoms. The SMILES string of the molecule is CCOc1ccccc1CNC(=O)C1CCC(=O)N1C(C)C. The van der Waals surface area contributed by atoms with Crippen molar-refractivity contribution in [2.24, 2.45) is 0 Å². The quantitative estimate of drug-likeness (QED) is 0.875. The predicted molar refractivity (Wildman–Crippen MR) is 84.5 cm³/mol. The first kappa shape index (κ1) is 16.3. The van der Waals surface area contributed by atoms with E-state index in [0.717, 1.165) is 11.3 Å². The number of rotatable bonds is 6. The zero-order valence-corrected chi connectivity index (χ0v) is 13.5. The van der Waals surface area contributed by atoms with Crippen LogP contribution in [0.4, 0.5) is 0 Å². The molecule has 1 aliphatic heterocycles. The average Bonchev–Trinajstić information content (AvgIpc) is 2.88. The molecule has 1 saturated heterocycles. The number of nitrogens with one attached hydrogen (secondary N) is 1. The van der Waals surface area contributed by atoms with E-state index in [1.165, 1.54) is 0 Å². The van der Waals surface area contributed by atoms with Gasteiger partial charge in [0, 0.05) is 24.6 Å². The van der Waals surface area contributed by atoms with E-state index in [1.54, 1.807) is 4.90 Å². The molecule has 120 valence electrons.